The number of carbonyl (C=O) groups excluding carboxylic acids is 1. The smallest absolute Gasteiger partial charge is 0.255 e. The molecule has 0 saturated carbocycles. The second-order valence-electron chi connectivity index (χ2n) is 8.23. The number of nitrogens with zero attached hydrogens (tertiary/aromatic N) is 3. The van der Waals surface area contributed by atoms with Crippen LogP contribution in [0.5, 0.6) is 0 Å². The van der Waals surface area contributed by atoms with Crippen molar-refractivity contribution in [2.45, 2.75) is 37.3 Å². The third-order valence-electron chi connectivity index (χ3n) is 5.25. The van der Waals surface area contributed by atoms with Crippen LogP contribution in [0.4, 0.5) is 0 Å². The summed E-state index contributed by atoms with van der Waals surface area (Å²) in [6.45, 7) is 4.38. The number of imidazole rings is 1. The van der Waals surface area contributed by atoms with Gasteiger partial charge in [-0.3, -0.25) is 4.79 Å². The molecular weight excluding hydrogens is 533 g/mol. The van der Waals surface area contributed by atoms with Gasteiger partial charge in [-0.2, -0.15) is 0 Å². The summed E-state index contributed by atoms with van der Waals surface area (Å²) < 4.78 is 33.4. The standard InChI is InChI=1S/C24H26Cl3N3O4S/c1-16(2)30-20(13-28-24(30)35(32,33)15-17-5-4-6-18(25)11-17)14-29(9-10-34-3)23(31)21-8-7-19(26)12-22(21)27/h4-8,11-13,16H,9-10,14-15H2,1-3H3. The van der Waals surface area contributed by atoms with Crippen LogP contribution in [0.2, 0.25) is 15.1 Å². The first-order valence-corrected chi connectivity index (χ1v) is 13.6. The predicted molar refractivity (Wildman–Crippen MR) is 138 cm³/mol. The van der Waals surface area contributed by atoms with Gasteiger partial charge in [0.2, 0.25) is 15.0 Å². The van der Waals surface area contributed by atoms with E-state index in [9.17, 15) is 13.2 Å². The molecule has 0 bridgehead atoms. The Morgan fingerprint density at radius 3 is 2.46 bits per heavy atom. The first kappa shape index (κ1) is 27.5. The van der Waals surface area contributed by atoms with Crippen LogP contribution in [0, 0.1) is 0 Å². The second-order valence-corrected chi connectivity index (χ2v) is 11.4. The van der Waals surface area contributed by atoms with Crippen LogP contribution < -0.4 is 0 Å². The molecule has 35 heavy (non-hydrogen) atoms. The fourth-order valence-corrected chi connectivity index (χ4v) is 5.96. The van der Waals surface area contributed by atoms with Crippen LogP contribution in [0.1, 0.15) is 41.5 Å². The third kappa shape index (κ3) is 6.77. The number of carbonyl (C=O) groups is 1. The van der Waals surface area contributed by atoms with Gasteiger partial charge in [-0.05, 0) is 49.7 Å². The fraction of sp³-hybridized carbons (Fsp3) is 0.333. The molecule has 3 rings (SSSR count). The van der Waals surface area contributed by atoms with Gasteiger partial charge in [0.25, 0.3) is 5.91 Å². The number of aromatic nitrogens is 2. The van der Waals surface area contributed by atoms with Crippen LogP contribution in [0.15, 0.2) is 53.8 Å². The van der Waals surface area contributed by atoms with E-state index in [4.69, 9.17) is 39.5 Å². The zero-order chi connectivity index (χ0) is 25.8. The topological polar surface area (TPSA) is 81.5 Å². The van der Waals surface area contributed by atoms with Crippen molar-refractivity contribution in [3.8, 4) is 0 Å². The van der Waals surface area contributed by atoms with Crippen molar-refractivity contribution in [2.75, 3.05) is 20.3 Å². The quantitative estimate of drug-likeness (QED) is 0.319. The Balaban J connectivity index is 1.96. The second kappa shape index (κ2) is 11.8. The number of ether oxygens (including phenoxy) is 1. The Bertz CT molecular complexity index is 1310. The minimum Gasteiger partial charge on any atom is -0.383 e. The highest BCUT2D eigenvalue weighted by molar-refractivity contribution is 7.90. The molecule has 11 heteroatoms. The van der Waals surface area contributed by atoms with Crippen molar-refractivity contribution in [1.82, 2.24) is 14.5 Å². The van der Waals surface area contributed by atoms with Gasteiger partial charge >= 0.3 is 0 Å². The summed E-state index contributed by atoms with van der Waals surface area (Å²) in [6, 6.07) is 11.1. The molecule has 0 atom stereocenters. The molecule has 1 heterocycles. The molecule has 0 fully saturated rings. The van der Waals surface area contributed by atoms with E-state index in [0.29, 0.717) is 21.3 Å². The molecule has 1 aromatic heterocycles. The lowest BCUT2D eigenvalue weighted by atomic mass is 10.2. The van der Waals surface area contributed by atoms with Crippen molar-refractivity contribution in [2.24, 2.45) is 0 Å². The minimum atomic E-state index is -3.79. The Hall–Kier alpha value is -2.10. The molecular formula is C24H26Cl3N3O4S. The third-order valence-corrected chi connectivity index (χ3v) is 7.60. The number of methoxy groups -OCH3 is 1. The van der Waals surface area contributed by atoms with Crippen molar-refractivity contribution in [3.63, 3.8) is 0 Å². The number of benzene rings is 2. The van der Waals surface area contributed by atoms with E-state index in [1.54, 1.807) is 45.9 Å². The Labute approximate surface area is 220 Å². The van der Waals surface area contributed by atoms with E-state index in [0.717, 1.165) is 0 Å². The van der Waals surface area contributed by atoms with Crippen LogP contribution >= 0.6 is 34.8 Å². The molecule has 7 nitrogen and oxygen atoms in total. The van der Waals surface area contributed by atoms with Gasteiger partial charge in [0, 0.05) is 29.7 Å². The lowest BCUT2D eigenvalue weighted by molar-refractivity contribution is 0.0675. The van der Waals surface area contributed by atoms with Gasteiger partial charge in [0.1, 0.15) is 0 Å². The summed E-state index contributed by atoms with van der Waals surface area (Å²) in [4.78, 5) is 19.1. The van der Waals surface area contributed by atoms with Crippen molar-refractivity contribution >= 4 is 50.5 Å². The minimum absolute atomic E-state index is 0.0638. The summed E-state index contributed by atoms with van der Waals surface area (Å²) in [7, 11) is -2.25. The number of rotatable bonds is 10. The number of hydrogen-bond acceptors (Lipinski definition) is 5. The SMILES string of the molecule is COCCN(Cc1cnc(S(=O)(=O)Cc2cccc(Cl)c2)n1C(C)C)C(=O)c1ccc(Cl)cc1Cl. The number of sulfone groups is 1. The van der Waals surface area contributed by atoms with Gasteiger partial charge < -0.3 is 14.2 Å². The molecule has 0 spiro atoms. The summed E-state index contributed by atoms with van der Waals surface area (Å²) in [5, 5.41) is 1.04. The summed E-state index contributed by atoms with van der Waals surface area (Å²) >= 11 is 18.3. The Morgan fingerprint density at radius 2 is 1.83 bits per heavy atom. The van der Waals surface area contributed by atoms with E-state index in [1.807, 2.05) is 13.8 Å². The lowest BCUT2D eigenvalue weighted by Gasteiger charge is -2.25. The van der Waals surface area contributed by atoms with E-state index in [2.05, 4.69) is 4.98 Å². The average molecular weight is 559 g/mol. The van der Waals surface area contributed by atoms with Crippen molar-refractivity contribution in [3.05, 3.63) is 80.6 Å². The zero-order valence-electron chi connectivity index (χ0n) is 19.5. The molecule has 188 valence electrons. The first-order chi connectivity index (χ1) is 16.5. The molecule has 0 aliphatic heterocycles. The number of hydrogen-bond donors (Lipinski definition) is 0. The molecule has 0 radical (unpaired) electrons. The number of halogens is 3. The number of amides is 1. The maximum Gasteiger partial charge on any atom is 0.255 e. The van der Waals surface area contributed by atoms with Gasteiger partial charge in [-0.1, -0.05) is 46.9 Å². The van der Waals surface area contributed by atoms with E-state index in [1.165, 1.54) is 19.4 Å². The summed E-state index contributed by atoms with van der Waals surface area (Å²) in [6.07, 6.45) is 1.49. The van der Waals surface area contributed by atoms with Crippen LogP contribution in [-0.4, -0.2) is 49.0 Å². The molecule has 0 unspecified atom stereocenters. The lowest BCUT2D eigenvalue weighted by Crippen LogP contribution is -2.34. The van der Waals surface area contributed by atoms with Crippen LogP contribution in [0.25, 0.3) is 0 Å². The van der Waals surface area contributed by atoms with Gasteiger partial charge in [0.05, 0.1) is 41.4 Å². The van der Waals surface area contributed by atoms with Gasteiger partial charge in [-0.15, -0.1) is 0 Å². The molecule has 0 aliphatic carbocycles. The van der Waals surface area contributed by atoms with E-state index < -0.39 is 9.84 Å². The largest absolute Gasteiger partial charge is 0.383 e. The highest BCUT2D eigenvalue weighted by Crippen LogP contribution is 2.26. The van der Waals surface area contributed by atoms with Crippen molar-refractivity contribution < 1.29 is 17.9 Å². The molecule has 0 N–H and O–H groups in total. The molecule has 0 aliphatic rings. The zero-order valence-corrected chi connectivity index (χ0v) is 22.6. The van der Waals surface area contributed by atoms with Gasteiger partial charge in [0.15, 0.2) is 0 Å². The maximum absolute atomic E-state index is 13.3. The Kier molecular flexibility index (Phi) is 9.23. The van der Waals surface area contributed by atoms with Crippen molar-refractivity contribution in [1.29, 1.82) is 0 Å². The Morgan fingerprint density at radius 1 is 1.11 bits per heavy atom. The molecule has 0 saturated heterocycles. The summed E-state index contributed by atoms with van der Waals surface area (Å²) in [5.74, 6) is -0.577. The normalized spacial score (nSPS) is 11.7. The molecule has 1 amide bonds. The monoisotopic (exact) mass is 557 g/mol. The van der Waals surface area contributed by atoms with E-state index >= 15 is 0 Å². The maximum atomic E-state index is 13.3. The van der Waals surface area contributed by atoms with Crippen LogP contribution in [0.3, 0.4) is 0 Å². The van der Waals surface area contributed by atoms with E-state index in [-0.39, 0.29) is 53.1 Å². The summed E-state index contributed by atoms with van der Waals surface area (Å²) in [5.41, 5.74) is 1.42. The highest BCUT2D eigenvalue weighted by atomic mass is 35.5. The first-order valence-electron chi connectivity index (χ1n) is 10.8. The predicted octanol–water partition coefficient (Wildman–Crippen LogP) is 5.69. The molecule has 2 aromatic carbocycles. The fourth-order valence-electron chi connectivity index (χ4n) is 3.67. The average Bonchev–Trinajstić information content (AvgIpc) is 3.21. The highest BCUT2D eigenvalue weighted by Gasteiger charge is 2.27. The van der Waals surface area contributed by atoms with Crippen LogP contribution in [-0.2, 0) is 26.9 Å². The molecule has 3 aromatic rings. The van der Waals surface area contributed by atoms with Gasteiger partial charge in [-0.25, -0.2) is 13.4 Å².